The molecule has 8 aromatic carbocycles. The summed E-state index contributed by atoms with van der Waals surface area (Å²) < 4.78 is 60.2. The summed E-state index contributed by atoms with van der Waals surface area (Å²) in [6.07, 6.45) is 8.81. The topological polar surface area (TPSA) is 64.5 Å². The second-order valence-corrected chi connectivity index (χ2v) is 17.8. The van der Waals surface area contributed by atoms with Crippen molar-refractivity contribution >= 4 is 59.8 Å². The number of hydrogen-bond donors (Lipinski definition) is 0. The Kier molecular flexibility index (Phi) is 9.39. The van der Waals surface area contributed by atoms with Gasteiger partial charge in [-0.3, -0.25) is 0 Å². The van der Waals surface area contributed by atoms with E-state index in [0.717, 1.165) is 77.6 Å². The van der Waals surface area contributed by atoms with Crippen LogP contribution in [0.25, 0.3) is 116 Å². The van der Waals surface area contributed by atoms with Crippen LogP contribution in [-0.4, -0.2) is 24.9 Å². The molecule has 1 aliphatic carbocycles. The van der Waals surface area contributed by atoms with Crippen LogP contribution in [0.1, 0.15) is 17.4 Å². The zero-order chi connectivity index (χ0) is 44.6. The van der Waals surface area contributed by atoms with Gasteiger partial charge in [0.2, 0.25) is 0 Å². The van der Waals surface area contributed by atoms with Crippen molar-refractivity contribution in [1.82, 2.24) is 24.9 Å². The van der Waals surface area contributed by atoms with E-state index in [1.54, 1.807) is 48.0 Å². The van der Waals surface area contributed by atoms with Gasteiger partial charge in [-0.1, -0.05) is 73.7 Å². The Morgan fingerprint density at radius 1 is 0.439 bits per heavy atom. The second-order valence-electron chi connectivity index (χ2n) is 16.7. The average molecular weight is 884 g/mol. The van der Waals surface area contributed by atoms with Gasteiger partial charge >= 0.3 is 0 Å². The van der Waals surface area contributed by atoms with Crippen LogP contribution in [0.15, 0.2) is 158 Å². The Balaban J connectivity index is 1.12. The molecule has 0 aliphatic heterocycles. The highest BCUT2D eigenvalue weighted by atomic mass is 32.1. The van der Waals surface area contributed by atoms with Crippen LogP contribution >= 0.6 is 11.3 Å². The molecule has 0 bridgehead atoms. The molecule has 5 nitrogen and oxygen atoms in total. The van der Waals surface area contributed by atoms with Crippen molar-refractivity contribution in [2.24, 2.45) is 5.92 Å². The number of fused-ring (bicyclic) bond motifs is 9. The first-order valence-electron chi connectivity index (χ1n) is 21.4. The van der Waals surface area contributed by atoms with Gasteiger partial charge in [0.15, 0.2) is 23.3 Å². The first-order chi connectivity index (χ1) is 32.2. The van der Waals surface area contributed by atoms with Gasteiger partial charge in [0.05, 0.1) is 0 Å². The standard InChI is InChI=1S/C56H33F4N5S/c1-30-10-15-51-50(18-30)46-8-4-9-47(52(46)66-51)56-64-54(32-12-13-44-42-6-2-3-7-43(42)48-26-31(53-61-16-5-17-62-53)11-14-45(48)49(44)27-32)63-55(65-56)37-20-33(35-22-38(57)28-39(58)23-35)19-34(21-37)36-24-40(59)29-41(60)25-36/h2-17,19-30H,18H2,1H3. The van der Waals surface area contributed by atoms with Crippen LogP contribution in [0.3, 0.4) is 0 Å². The van der Waals surface area contributed by atoms with E-state index in [1.807, 2.05) is 36.4 Å². The third-order valence-corrected chi connectivity index (χ3v) is 13.6. The molecule has 12 rings (SSSR count). The predicted octanol–water partition coefficient (Wildman–Crippen LogP) is 15.1. The van der Waals surface area contributed by atoms with E-state index in [9.17, 15) is 17.6 Å². The van der Waals surface area contributed by atoms with E-state index in [-0.39, 0.29) is 17.0 Å². The van der Waals surface area contributed by atoms with Gasteiger partial charge < -0.3 is 0 Å². The normalized spacial score (nSPS) is 13.6. The Bertz CT molecular complexity index is 3720. The SMILES string of the molecule is CC1C=Cc2sc3c(-c4nc(-c5cc(-c6cc(F)cc(F)c6)cc(-c6cc(F)cc(F)c6)c5)nc(-c5ccc6c7ccccc7c7cc(-c8ncccn8)ccc7c6c5)n4)cccc3c2C1. The van der Waals surface area contributed by atoms with E-state index < -0.39 is 23.3 Å². The van der Waals surface area contributed by atoms with E-state index in [2.05, 4.69) is 71.5 Å². The Morgan fingerprint density at radius 3 is 1.58 bits per heavy atom. The van der Waals surface area contributed by atoms with Crippen molar-refractivity contribution in [2.75, 3.05) is 0 Å². The third kappa shape index (κ3) is 6.98. The fourth-order valence-electron chi connectivity index (χ4n) is 9.32. The first-order valence-corrected chi connectivity index (χ1v) is 22.2. The van der Waals surface area contributed by atoms with Gasteiger partial charge in [0.25, 0.3) is 0 Å². The van der Waals surface area contributed by atoms with Crippen LogP contribution in [-0.2, 0) is 6.42 Å². The molecule has 0 fully saturated rings. The minimum Gasteiger partial charge on any atom is -0.237 e. The lowest BCUT2D eigenvalue weighted by Gasteiger charge is -2.14. The Morgan fingerprint density at radius 2 is 0.939 bits per heavy atom. The molecule has 0 saturated carbocycles. The lowest BCUT2D eigenvalue weighted by atomic mass is 9.92. The number of rotatable bonds is 6. The number of hydrogen-bond acceptors (Lipinski definition) is 6. The smallest absolute Gasteiger partial charge is 0.165 e. The summed E-state index contributed by atoms with van der Waals surface area (Å²) >= 11 is 1.70. The van der Waals surface area contributed by atoms with Gasteiger partial charge in [-0.05, 0) is 151 Å². The molecule has 3 heterocycles. The molecule has 3 aromatic heterocycles. The molecular formula is C56H33F4N5S. The summed E-state index contributed by atoms with van der Waals surface area (Å²) in [5.41, 5.74) is 5.44. The lowest BCUT2D eigenvalue weighted by molar-refractivity contribution is 0.583. The number of nitrogens with zero attached hydrogens (tertiary/aromatic N) is 5. The first kappa shape index (κ1) is 39.6. The lowest BCUT2D eigenvalue weighted by Crippen LogP contribution is -2.01. The molecule has 66 heavy (non-hydrogen) atoms. The van der Waals surface area contributed by atoms with Gasteiger partial charge in [-0.25, -0.2) is 42.5 Å². The maximum absolute atomic E-state index is 14.8. The van der Waals surface area contributed by atoms with Crippen molar-refractivity contribution in [3.8, 4) is 67.8 Å². The second kappa shape index (κ2) is 15.6. The van der Waals surface area contributed by atoms with Crippen LogP contribution in [0.4, 0.5) is 17.6 Å². The van der Waals surface area contributed by atoms with Crippen LogP contribution < -0.4 is 0 Å². The highest BCUT2D eigenvalue weighted by Crippen LogP contribution is 2.43. The molecule has 316 valence electrons. The Hall–Kier alpha value is -7.95. The summed E-state index contributed by atoms with van der Waals surface area (Å²) in [4.78, 5) is 25.8. The van der Waals surface area contributed by atoms with E-state index in [1.165, 1.54) is 34.7 Å². The maximum atomic E-state index is 14.8. The quantitative estimate of drug-likeness (QED) is 0.123. The highest BCUT2D eigenvalue weighted by Gasteiger charge is 2.22. The minimum atomic E-state index is -0.768. The zero-order valence-corrected chi connectivity index (χ0v) is 35.8. The van der Waals surface area contributed by atoms with E-state index in [4.69, 9.17) is 15.0 Å². The summed E-state index contributed by atoms with van der Waals surface area (Å²) in [7, 11) is 0. The highest BCUT2D eigenvalue weighted by molar-refractivity contribution is 7.20. The summed E-state index contributed by atoms with van der Waals surface area (Å²) in [5, 5.41) is 7.43. The van der Waals surface area contributed by atoms with Crippen molar-refractivity contribution in [3.05, 3.63) is 192 Å². The van der Waals surface area contributed by atoms with Crippen molar-refractivity contribution in [1.29, 1.82) is 0 Å². The molecule has 0 radical (unpaired) electrons. The van der Waals surface area contributed by atoms with Gasteiger partial charge in [-0.15, -0.1) is 11.3 Å². The molecule has 0 spiro atoms. The van der Waals surface area contributed by atoms with E-state index >= 15 is 0 Å². The summed E-state index contributed by atoms with van der Waals surface area (Å²) in [6, 6.07) is 40.4. The van der Waals surface area contributed by atoms with Crippen molar-refractivity contribution in [3.63, 3.8) is 0 Å². The number of halogens is 4. The zero-order valence-electron chi connectivity index (χ0n) is 35.0. The van der Waals surface area contributed by atoms with Crippen molar-refractivity contribution in [2.45, 2.75) is 13.3 Å². The third-order valence-electron chi connectivity index (χ3n) is 12.3. The van der Waals surface area contributed by atoms with Crippen LogP contribution in [0, 0.1) is 29.2 Å². The van der Waals surface area contributed by atoms with Crippen LogP contribution in [0.5, 0.6) is 0 Å². The number of aromatic nitrogens is 5. The summed E-state index contributed by atoms with van der Waals surface area (Å²) in [6.45, 7) is 2.21. The minimum absolute atomic E-state index is 0.230. The van der Waals surface area contributed by atoms with Gasteiger partial charge in [0.1, 0.15) is 23.3 Å². The molecule has 1 unspecified atom stereocenters. The largest absolute Gasteiger partial charge is 0.237 e. The average Bonchev–Trinajstić information content (AvgIpc) is 3.71. The molecule has 1 atom stereocenters. The fraction of sp³-hybridized carbons (Fsp3) is 0.0536. The molecule has 11 aromatic rings. The number of benzene rings is 8. The summed E-state index contributed by atoms with van der Waals surface area (Å²) in [5.74, 6) is -0.972. The maximum Gasteiger partial charge on any atom is 0.165 e. The molecule has 10 heteroatoms. The van der Waals surface area contributed by atoms with Crippen molar-refractivity contribution < 1.29 is 17.6 Å². The Labute approximate surface area is 379 Å². The van der Waals surface area contributed by atoms with E-state index in [0.29, 0.717) is 40.1 Å². The number of thiophene rings is 1. The van der Waals surface area contributed by atoms with Crippen LogP contribution in [0.2, 0.25) is 0 Å². The number of allylic oxidation sites excluding steroid dienone is 1. The monoisotopic (exact) mass is 883 g/mol. The molecule has 0 N–H and O–H groups in total. The molecular weight excluding hydrogens is 851 g/mol. The van der Waals surface area contributed by atoms with Gasteiger partial charge in [-0.2, -0.15) is 0 Å². The molecule has 1 aliphatic rings. The molecule has 0 amide bonds. The predicted molar refractivity (Wildman–Crippen MR) is 258 cm³/mol. The van der Waals surface area contributed by atoms with Gasteiger partial charge in [0, 0.05) is 56.4 Å². The fourth-order valence-corrected chi connectivity index (χ4v) is 10.6. The molecule has 0 saturated heterocycles.